The summed E-state index contributed by atoms with van der Waals surface area (Å²) in [6.45, 7) is 14.9. The second-order valence-corrected chi connectivity index (χ2v) is 5.00. The van der Waals surface area contributed by atoms with Gasteiger partial charge >= 0.3 is 0 Å². The van der Waals surface area contributed by atoms with E-state index in [9.17, 15) is 0 Å². The van der Waals surface area contributed by atoms with Crippen LogP contribution in [0.25, 0.3) is 5.57 Å². The van der Waals surface area contributed by atoms with Gasteiger partial charge in [-0.15, -0.1) is 0 Å². The van der Waals surface area contributed by atoms with E-state index in [1.165, 1.54) is 27.8 Å². The zero-order valence-corrected chi connectivity index (χ0v) is 13.5. The predicted octanol–water partition coefficient (Wildman–Crippen LogP) is 6.26. The fourth-order valence-corrected chi connectivity index (χ4v) is 2.65. The van der Waals surface area contributed by atoms with E-state index in [0.29, 0.717) is 0 Å². The van der Waals surface area contributed by atoms with E-state index in [4.69, 9.17) is 0 Å². The lowest BCUT2D eigenvalue weighted by molar-refractivity contribution is 1.10. The lowest BCUT2D eigenvalue weighted by Crippen LogP contribution is -1.96. The molecule has 0 aliphatic rings. The van der Waals surface area contributed by atoms with Crippen molar-refractivity contribution >= 4 is 5.57 Å². The van der Waals surface area contributed by atoms with Crippen molar-refractivity contribution in [3.05, 3.63) is 76.9 Å². The number of rotatable bonds is 5. The van der Waals surface area contributed by atoms with Crippen molar-refractivity contribution in [2.75, 3.05) is 0 Å². The van der Waals surface area contributed by atoms with Gasteiger partial charge in [-0.2, -0.15) is 0 Å². The molecule has 1 aromatic rings. The molecule has 0 fully saturated rings. The van der Waals surface area contributed by atoms with E-state index in [1.54, 1.807) is 0 Å². The lowest BCUT2D eigenvalue weighted by atomic mass is 9.88. The Balaban J connectivity index is 3.37. The van der Waals surface area contributed by atoms with Crippen LogP contribution in [0.1, 0.15) is 45.2 Å². The van der Waals surface area contributed by atoms with Crippen LogP contribution in [0.3, 0.4) is 0 Å². The van der Waals surface area contributed by atoms with Gasteiger partial charge < -0.3 is 0 Å². The summed E-state index contributed by atoms with van der Waals surface area (Å²) in [5, 5.41) is 0. The van der Waals surface area contributed by atoms with Crippen LogP contribution in [-0.2, 0) is 0 Å². The van der Waals surface area contributed by atoms with Crippen LogP contribution in [0.2, 0.25) is 0 Å². The third-order valence-electron chi connectivity index (χ3n) is 3.69. The molecule has 0 unspecified atom stereocenters. The van der Waals surface area contributed by atoms with Gasteiger partial charge in [-0.05, 0) is 67.5 Å². The summed E-state index contributed by atoms with van der Waals surface area (Å²) >= 11 is 0. The molecule has 0 bridgehead atoms. The minimum atomic E-state index is 0.998. The molecule has 0 N–H and O–H groups in total. The topological polar surface area (TPSA) is 0 Å². The molecule has 1 rings (SSSR count). The molecule has 0 heterocycles. The Hall–Kier alpha value is -1.82. The predicted molar refractivity (Wildman–Crippen MR) is 91.8 cm³/mol. The Morgan fingerprint density at radius 3 is 2.35 bits per heavy atom. The van der Waals surface area contributed by atoms with Crippen LogP contribution < -0.4 is 0 Å². The maximum Gasteiger partial charge on any atom is -0.0155 e. The third-order valence-corrected chi connectivity index (χ3v) is 3.69. The highest BCUT2D eigenvalue weighted by molar-refractivity contribution is 5.81. The monoisotopic (exact) mass is 266 g/mol. The number of hydrogen-bond acceptors (Lipinski definition) is 0. The summed E-state index contributed by atoms with van der Waals surface area (Å²) in [5.74, 6) is 0. The molecular weight excluding hydrogens is 240 g/mol. The highest BCUT2D eigenvalue weighted by Gasteiger charge is 2.10. The highest BCUT2D eigenvalue weighted by Crippen LogP contribution is 2.31. The lowest BCUT2D eigenvalue weighted by Gasteiger charge is -2.16. The molecule has 0 saturated carbocycles. The first-order valence-corrected chi connectivity index (χ1v) is 7.31. The van der Waals surface area contributed by atoms with E-state index < -0.39 is 0 Å². The van der Waals surface area contributed by atoms with Crippen molar-refractivity contribution in [1.29, 1.82) is 0 Å². The summed E-state index contributed by atoms with van der Waals surface area (Å²) < 4.78 is 0. The first-order chi connectivity index (χ1) is 9.56. The maximum absolute atomic E-state index is 4.20. The van der Waals surface area contributed by atoms with Gasteiger partial charge in [0, 0.05) is 0 Å². The normalized spacial score (nSPS) is 13.6. The number of benzene rings is 1. The number of aryl methyl sites for hydroxylation is 1. The molecule has 106 valence electrons. The van der Waals surface area contributed by atoms with Gasteiger partial charge in [0.05, 0.1) is 0 Å². The average molecular weight is 266 g/mol. The molecule has 0 aliphatic carbocycles. The molecule has 0 atom stereocenters. The standard InChI is InChI=1S/C20H26/c1-7-12-15(4)18(8-2)17(6)19(9-3)20-14-11-10-13-16(20)5/h7,9-14H,4,8H2,1-3,5-6H3/b12-7-,18-17+,19-9-. The van der Waals surface area contributed by atoms with Gasteiger partial charge in [-0.3, -0.25) is 0 Å². The van der Waals surface area contributed by atoms with Crippen molar-refractivity contribution in [1.82, 2.24) is 0 Å². The van der Waals surface area contributed by atoms with Crippen LogP contribution in [0.5, 0.6) is 0 Å². The Morgan fingerprint density at radius 1 is 1.20 bits per heavy atom. The molecule has 1 aromatic carbocycles. The molecule has 0 spiro atoms. The summed E-state index contributed by atoms with van der Waals surface area (Å²) in [4.78, 5) is 0. The zero-order valence-electron chi connectivity index (χ0n) is 13.5. The van der Waals surface area contributed by atoms with E-state index in [2.05, 4.69) is 70.7 Å². The first kappa shape index (κ1) is 16.2. The van der Waals surface area contributed by atoms with Crippen molar-refractivity contribution in [3.8, 4) is 0 Å². The fourth-order valence-electron chi connectivity index (χ4n) is 2.65. The van der Waals surface area contributed by atoms with Gasteiger partial charge in [0.25, 0.3) is 0 Å². The molecule has 20 heavy (non-hydrogen) atoms. The molecule has 0 aliphatic heterocycles. The van der Waals surface area contributed by atoms with Gasteiger partial charge in [0.2, 0.25) is 0 Å². The molecular formula is C20H26. The van der Waals surface area contributed by atoms with Crippen LogP contribution in [-0.4, -0.2) is 0 Å². The smallest absolute Gasteiger partial charge is 0.0155 e. The fraction of sp³-hybridized carbons (Fsp3) is 0.300. The van der Waals surface area contributed by atoms with Crippen LogP contribution in [0.4, 0.5) is 0 Å². The third kappa shape index (κ3) is 3.60. The minimum absolute atomic E-state index is 0.998. The number of hydrogen-bond donors (Lipinski definition) is 0. The van der Waals surface area contributed by atoms with Gasteiger partial charge in [-0.1, -0.05) is 56.0 Å². The maximum atomic E-state index is 4.20. The van der Waals surface area contributed by atoms with Crippen molar-refractivity contribution in [3.63, 3.8) is 0 Å². The van der Waals surface area contributed by atoms with E-state index in [0.717, 1.165) is 12.0 Å². The largest absolute Gasteiger partial charge is 0.0915 e. The summed E-state index contributed by atoms with van der Waals surface area (Å²) in [6, 6.07) is 8.55. The Labute approximate surface area is 124 Å². The van der Waals surface area contributed by atoms with E-state index in [-0.39, 0.29) is 0 Å². The molecule has 0 saturated heterocycles. The van der Waals surface area contributed by atoms with Crippen molar-refractivity contribution in [2.24, 2.45) is 0 Å². The van der Waals surface area contributed by atoms with Gasteiger partial charge in [-0.25, -0.2) is 0 Å². The van der Waals surface area contributed by atoms with Crippen molar-refractivity contribution < 1.29 is 0 Å². The minimum Gasteiger partial charge on any atom is -0.0915 e. The molecule has 0 heteroatoms. The Bertz CT molecular complexity index is 565. The highest BCUT2D eigenvalue weighted by atomic mass is 14.2. The first-order valence-electron chi connectivity index (χ1n) is 7.31. The summed E-state index contributed by atoms with van der Waals surface area (Å²) in [5.41, 5.74) is 7.71. The summed E-state index contributed by atoms with van der Waals surface area (Å²) in [7, 11) is 0. The SMILES string of the molecule is C=C(/C=C\C)/C(CC)=C(C)/C(=C/C)c1ccccc1C. The molecule has 0 nitrogen and oxygen atoms in total. The van der Waals surface area contributed by atoms with Crippen LogP contribution >= 0.6 is 0 Å². The average Bonchev–Trinajstić information content (AvgIpc) is 2.43. The van der Waals surface area contributed by atoms with Crippen LogP contribution in [0.15, 0.2) is 65.8 Å². The second kappa shape index (κ2) is 7.69. The Kier molecular flexibility index (Phi) is 6.24. The van der Waals surface area contributed by atoms with Gasteiger partial charge in [0.1, 0.15) is 0 Å². The van der Waals surface area contributed by atoms with E-state index in [1.807, 2.05) is 13.0 Å². The Morgan fingerprint density at radius 2 is 1.85 bits per heavy atom. The second-order valence-electron chi connectivity index (χ2n) is 5.00. The zero-order chi connectivity index (χ0) is 15.1. The molecule has 0 aromatic heterocycles. The quantitative estimate of drug-likeness (QED) is 0.552. The van der Waals surface area contributed by atoms with Crippen molar-refractivity contribution in [2.45, 2.75) is 41.0 Å². The molecule has 0 radical (unpaired) electrons. The number of allylic oxidation sites excluding steroid dienone is 7. The van der Waals surface area contributed by atoms with E-state index >= 15 is 0 Å². The molecule has 0 amide bonds. The summed E-state index contributed by atoms with van der Waals surface area (Å²) in [6.07, 6.45) is 7.34. The van der Waals surface area contributed by atoms with Crippen LogP contribution in [0, 0.1) is 6.92 Å². The van der Waals surface area contributed by atoms with Gasteiger partial charge in [0.15, 0.2) is 0 Å².